The maximum absolute atomic E-state index is 12.2. The highest BCUT2D eigenvalue weighted by atomic mass is 32.2. The van der Waals surface area contributed by atoms with Crippen LogP contribution >= 0.6 is 11.8 Å². The lowest BCUT2D eigenvalue weighted by Crippen LogP contribution is -2.45. The smallest absolute Gasteiger partial charge is 0.155 e. The Morgan fingerprint density at radius 2 is 2.12 bits per heavy atom. The molecule has 2 nitrogen and oxygen atoms in total. The fourth-order valence-electron chi connectivity index (χ4n) is 2.05. The molecule has 3 heteroatoms. The number of Topliss-reactive ketones (excluding diaryl/α,β-unsaturated/α-hetero) is 1. The van der Waals surface area contributed by atoms with E-state index in [1.807, 2.05) is 11.8 Å². The summed E-state index contributed by atoms with van der Waals surface area (Å²) in [6, 6.07) is 8.37. The maximum atomic E-state index is 12.2. The number of nitrogens with zero attached hydrogens (tertiary/aromatic N) is 1. The number of carbonyl (C=O) groups excluding carboxylic acids is 1. The van der Waals surface area contributed by atoms with Crippen LogP contribution in [0, 0.1) is 6.92 Å². The summed E-state index contributed by atoms with van der Waals surface area (Å²) in [6.45, 7) is 3.09. The van der Waals surface area contributed by atoms with E-state index in [4.69, 9.17) is 0 Å². The second-order valence-corrected chi connectivity index (χ2v) is 5.85. The van der Waals surface area contributed by atoms with Crippen molar-refractivity contribution in [3.8, 4) is 0 Å². The van der Waals surface area contributed by atoms with Crippen molar-refractivity contribution in [3.05, 3.63) is 35.4 Å². The third-order valence-corrected chi connectivity index (χ3v) is 4.29. The second-order valence-electron chi connectivity index (χ2n) is 4.70. The zero-order valence-corrected chi connectivity index (χ0v) is 11.3. The third-order valence-electron chi connectivity index (χ3n) is 3.27. The predicted octanol–water partition coefficient (Wildman–Crippen LogP) is 2.15. The Labute approximate surface area is 107 Å². The molecule has 1 aromatic carbocycles. The normalized spacial score (nSPS) is 21.4. The molecule has 0 aliphatic carbocycles. The molecule has 1 aliphatic rings. The van der Waals surface area contributed by atoms with Gasteiger partial charge in [-0.2, -0.15) is 11.8 Å². The van der Waals surface area contributed by atoms with E-state index in [1.165, 1.54) is 5.56 Å². The molecule has 1 saturated heterocycles. The zero-order chi connectivity index (χ0) is 12.3. The summed E-state index contributed by atoms with van der Waals surface area (Å²) >= 11 is 1.89. The van der Waals surface area contributed by atoms with Gasteiger partial charge < -0.3 is 0 Å². The van der Waals surface area contributed by atoms with E-state index in [-0.39, 0.29) is 6.04 Å². The van der Waals surface area contributed by atoms with Gasteiger partial charge in [0.05, 0.1) is 6.04 Å². The fourth-order valence-corrected chi connectivity index (χ4v) is 3.30. The molecule has 0 N–H and O–H groups in total. The van der Waals surface area contributed by atoms with Gasteiger partial charge in [0, 0.05) is 24.5 Å². The van der Waals surface area contributed by atoms with Crippen LogP contribution in [-0.4, -0.2) is 41.8 Å². The predicted molar refractivity (Wildman–Crippen MR) is 73.6 cm³/mol. The van der Waals surface area contributed by atoms with E-state index in [9.17, 15) is 4.79 Å². The quantitative estimate of drug-likeness (QED) is 0.819. The number of rotatable bonds is 3. The molecule has 0 amide bonds. The van der Waals surface area contributed by atoms with Crippen LogP contribution in [-0.2, 0) is 11.2 Å². The van der Waals surface area contributed by atoms with Crippen LogP contribution < -0.4 is 0 Å². The molecular weight excluding hydrogens is 230 g/mol. The van der Waals surface area contributed by atoms with Crippen molar-refractivity contribution < 1.29 is 4.79 Å². The summed E-state index contributed by atoms with van der Waals surface area (Å²) in [5, 5.41) is 0. The maximum Gasteiger partial charge on any atom is 0.155 e. The van der Waals surface area contributed by atoms with Gasteiger partial charge in [-0.1, -0.05) is 29.8 Å². The lowest BCUT2D eigenvalue weighted by molar-refractivity contribution is -0.122. The van der Waals surface area contributed by atoms with Crippen LogP contribution in [0.1, 0.15) is 11.1 Å². The van der Waals surface area contributed by atoms with Gasteiger partial charge in [-0.15, -0.1) is 0 Å². The Kier molecular flexibility index (Phi) is 4.24. The van der Waals surface area contributed by atoms with Crippen LogP contribution in [0.2, 0.25) is 0 Å². The fraction of sp³-hybridized carbons (Fsp3) is 0.500. The van der Waals surface area contributed by atoms with Gasteiger partial charge in [-0.25, -0.2) is 0 Å². The first-order chi connectivity index (χ1) is 8.16. The Morgan fingerprint density at radius 1 is 1.41 bits per heavy atom. The molecule has 2 rings (SSSR count). The number of aryl methyl sites for hydroxylation is 1. The summed E-state index contributed by atoms with van der Waals surface area (Å²) in [5.41, 5.74) is 2.37. The lowest BCUT2D eigenvalue weighted by Gasteiger charge is -2.30. The third kappa shape index (κ3) is 3.33. The molecule has 0 spiro atoms. The van der Waals surface area contributed by atoms with Gasteiger partial charge in [0.25, 0.3) is 0 Å². The van der Waals surface area contributed by atoms with Crippen LogP contribution in [0.5, 0.6) is 0 Å². The van der Waals surface area contributed by atoms with E-state index in [0.717, 1.165) is 23.6 Å². The van der Waals surface area contributed by atoms with E-state index in [2.05, 4.69) is 43.1 Å². The van der Waals surface area contributed by atoms with Crippen molar-refractivity contribution in [2.75, 3.05) is 25.1 Å². The highest BCUT2D eigenvalue weighted by molar-refractivity contribution is 7.99. The largest absolute Gasteiger partial charge is 0.298 e. The first-order valence-electron chi connectivity index (χ1n) is 6.03. The molecule has 1 heterocycles. The van der Waals surface area contributed by atoms with Crippen molar-refractivity contribution in [2.24, 2.45) is 0 Å². The average Bonchev–Trinajstić information content (AvgIpc) is 2.32. The zero-order valence-electron chi connectivity index (χ0n) is 10.5. The van der Waals surface area contributed by atoms with Gasteiger partial charge in [0.15, 0.2) is 5.78 Å². The molecule has 1 fully saturated rings. The monoisotopic (exact) mass is 249 g/mol. The van der Waals surface area contributed by atoms with E-state index in [0.29, 0.717) is 12.2 Å². The molecule has 0 radical (unpaired) electrons. The second kappa shape index (κ2) is 5.69. The highest BCUT2D eigenvalue weighted by Crippen LogP contribution is 2.17. The van der Waals surface area contributed by atoms with Crippen molar-refractivity contribution in [1.29, 1.82) is 0 Å². The van der Waals surface area contributed by atoms with Gasteiger partial charge in [0.1, 0.15) is 0 Å². The van der Waals surface area contributed by atoms with Crippen LogP contribution in [0.4, 0.5) is 0 Å². The minimum atomic E-state index is 0.107. The Balaban J connectivity index is 1.98. The lowest BCUT2D eigenvalue weighted by atomic mass is 10.0. The van der Waals surface area contributed by atoms with Gasteiger partial charge in [0.2, 0.25) is 0 Å². The van der Waals surface area contributed by atoms with Crippen LogP contribution in [0.3, 0.4) is 0 Å². The molecule has 1 aromatic rings. The van der Waals surface area contributed by atoms with Crippen LogP contribution in [0.15, 0.2) is 24.3 Å². The molecule has 17 heavy (non-hydrogen) atoms. The van der Waals surface area contributed by atoms with E-state index < -0.39 is 0 Å². The first kappa shape index (κ1) is 12.7. The Hall–Kier alpha value is -0.800. The van der Waals surface area contributed by atoms with Crippen molar-refractivity contribution in [3.63, 3.8) is 0 Å². The molecule has 1 unspecified atom stereocenters. The van der Waals surface area contributed by atoms with Crippen molar-refractivity contribution in [1.82, 2.24) is 4.90 Å². The Morgan fingerprint density at radius 3 is 2.76 bits per heavy atom. The molecular formula is C14H19NOS. The molecule has 92 valence electrons. The summed E-state index contributed by atoms with van der Waals surface area (Å²) < 4.78 is 0. The molecule has 1 aliphatic heterocycles. The number of benzene rings is 1. The standard InChI is InChI=1S/C14H19NOS/c1-11-3-5-12(6-4-11)9-14(16)13-10-17-8-7-15(13)2/h3-6,13H,7-10H2,1-2H3. The van der Waals surface area contributed by atoms with Crippen molar-refractivity contribution >= 4 is 17.5 Å². The first-order valence-corrected chi connectivity index (χ1v) is 7.18. The number of ketones is 1. The van der Waals surface area contributed by atoms with Crippen LogP contribution in [0.25, 0.3) is 0 Å². The number of carbonyl (C=O) groups is 1. The summed E-state index contributed by atoms with van der Waals surface area (Å²) in [4.78, 5) is 14.4. The van der Waals surface area contributed by atoms with Gasteiger partial charge in [-0.3, -0.25) is 9.69 Å². The number of thioether (sulfide) groups is 1. The molecule has 0 saturated carbocycles. The summed E-state index contributed by atoms with van der Waals surface area (Å²) in [7, 11) is 2.05. The average molecular weight is 249 g/mol. The van der Waals surface area contributed by atoms with E-state index >= 15 is 0 Å². The summed E-state index contributed by atoms with van der Waals surface area (Å²) in [5.74, 6) is 2.44. The topological polar surface area (TPSA) is 20.3 Å². The number of likely N-dealkylation sites (N-methyl/N-ethyl adjacent to an activating group) is 1. The Bertz CT molecular complexity index is 388. The van der Waals surface area contributed by atoms with Crippen molar-refractivity contribution in [2.45, 2.75) is 19.4 Å². The highest BCUT2D eigenvalue weighted by Gasteiger charge is 2.25. The number of hydrogen-bond acceptors (Lipinski definition) is 3. The van der Waals surface area contributed by atoms with Gasteiger partial charge in [-0.05, 0) is 19.5 Å². The number of hydrogen-bond donors (Lipinski definition) is 0. The molecule has 0 aromatic heterocycles. The molecule has 0 bridgehead atoms. The minimum Gasteiger partial charge on any atom is -0.298 e. The minimum absolute atomic E-state index is 0.107. The molecule has 1 atom stereocenters. The van der Waals surface area contributed by atoms with E-state index in [1.54, 1.807) is 0 Å². The SMILES string of the molecule is Cc1ccc(CC(=O)C2CSCCN2C)cc1. The summed E-state index contributed by atoms with van der Waals surface area (Å²) in [6.07, 6.45) is 0.565. The van der Waals surface area contributed by atoms with Gasteiger partial charge >= 0.3 is 0 Å².